The minimum absolute atomic E-state index is 0.00470. The van der Waals surface area contributed by atoms with E-state index >= 15 is 0 Å². The molecule has 31 heavy (non-hydrogen) atoms. The monoisotopic (exact) mass is 428 g/mol. The third-order valence-electron chi connectivity index (χ3n) is 4.84. The van der Waals surface area contributed by atoms with Crippen LogP contribution in [-0.4, -0.2) is 36.8 Å². The second-order valence-electron chi connectivity index (χ2n) is 8.66. The van der Waals surface area contributed by atoms with Crippen molar-refractivity contribution in [1.82, 2.24) is 5.32 Å². The maximum Gasteiger partial charge on any atom is 0.407 e. The zero-order valence-electron chi connectivity index (χ0n) is 18.2. The van der Waals surface area contributed by atoms with Crippen molar-refractivity contribution in [2.75, 3.05) is 18.0 Å². The first kappa shape index (κ1) is 22.6. The van der Waals surface area contributed by atoms with Crippen LogP contribution < -0.4 is 10.2 Å². The van der Waals surface area contributed by atoms with E-state index < -0.39 is 23.7 Å². The molecular formula is C24H29FN2O4. The van der Waals surface area contributed by atoms with Gasteiger partial charge in [0.05, 0.1) is 12.5 Å². The maximum absolute atomic E-state index is 13.5. The highest BCUT2D eigenvalue weighted by atomic mass is 19.1. The molecule has 0 aromatic heterocycles. The van der Waals surface area contributed by atoms with Crippen molar-refractivity contribution in [1.29, 1.82) is 0 Å². The highest BCUT2D eigenvalue weighted by Crippen LogP contribution is 2.28. The number of rotatable bonds is 7. The summed E-state index contributed by atoms with van der Waals surface area (Å²) in [5.74, 6) is -0.673. The Morgan fingerprint density at radius 2 is 1.90 bits per heavy atom. The van der Waals surface area contributed by atoms with Gasteiger partial charge < -0.3 is 19.7 Å². The van der Waals surface area contributed by atoms with E-state index in [0.29, 0.717) is 19.5 Å². The topological polar surface area (TPSA) is 67.9 Å². The predicted molar refractivity (Wildman–Crippen MR) is 116 cm³/mol. The molecule has 0 radical (unpaired) electrons. The van der Waals surface area contributed by atoms with Crippen molar-refractivity contribution in [2.24, 2.45) is 0 Å². The molecule has 1 aliphatic rings. The second kappa shape index (κ2) is 9.81. The van der Waals surface area contributed by atoms with E-state index in [-0.39, 0.29) is 18.8 Å². The van der Waals surface area contributed by atoms with E-state index in [1.54, 1.807) is 26.8 Å². The fourth-order valence-electron chi connectivity index (χ4n) is 3.57. The van der Waals surface area contributed by atoms with Crippen LogP contribution in [0.2, 0.25) is 0 Å². The van der Waals surface area contributed by atoms with Crippen LogP contribution in [0.5, 0.6) is 0 Å². The largest absolute Gasteiger partial charge is 0.460 e. The van der Waals surface area contributed by atoms with Crippen LogP contribution in [0.3, 0.4) is 0 Å². The SMILES string of the molecule is CC(C)(C)OC(=O)C[C@@H](CN1CCc2cc(F)ccc21)NC(=O)OCc1ccccc1. The van der Waals surface area contributed by atoms with E-state index in [1.807, 2.05) is 35.2 Å². The smallest absolute Gasteiger partial charge is 0.407 e. The molecule has 2 aromatic carbocycles. The zero-order chi connectivity index (χ0) is 22.4. The van der Waals surface area contributed by atoms with Crippen molar-refractivity contribution in [3.8, 4) is 0 Å². The van der Waals surface area contributed by atoms with Crippen molar-refractivity contribution in [3.05, 3.63) is 65.5 Å². The number of anilines is 1. The van der Waals surface area contributed by atoms with Crippen LogP contribution in [0.15, 0.2) is 48.5 Å². The Bertz CT molecular complexity index is 912. The molecule has 166 valence electrons. The molecule has 0 fully saturated rings. The van der Waals surface area contributed by atoms with Crippen molar-refractivity contribution in [2.45, 2.75) is 51.9 Å². The van der Waals surface area contributed by atoms with E-state index in [4.69, 9.17) is 9.47 Å². The summed E-state index contributed by atoms with van der Waals surface area (Å²) < 4.78 is 24.3. The van der Waals surface area contributed by atoms with Crippen LogP contribution in [0.25, 0.3) is 0 Å². The average Bonchev–Trinajstić information content (AvgIpc) is 3.07. The fraction of sp³-hybridized carbons (Fsp3) is 0.417. The molecule has 1 aliphatic heterocycles. The van der Waals surface area contributed by atoms with Gasteiger partial charge in [-0.05, 0) is 56.5 Å². The van der Waals surface area contributed by atoms with Crippen molar-refractivity contribution >= 4 is 17.7 Å². The Labute approximate surface area is 182 Å². The number of alkyl carbamates (subject to hydrolysis) is 1. The van der Waals surface area contributed by atoms with Gasteiger partial charge >= 0.3 is 12.1 Å². The van der Waals surface area contributed by atoms with Gasteiger partial charge in [-0.25, -0.2) is 9.18 Å². The average molecular weight is 429 g/mol. The van der Waals surface area contributed by atoms with Crippen LogP contribution in [0, 0.1) is 5.82 Å². The molecule has 0 spiro atoms. The van der Waals surface area contributed by atoms with Gasteiger partial charge in [0, 0.05) is 18.8 Å². The quantitative estimate of drug-likeness (QED) is 0.669. The third-order valence-corrected chi connectivity index (χ3v) is 4.84. The predicted octanol–water partition coefficient (Wildman–Crippen LogP) is 4.22. The summed E-state index contributed by atoms with van der Waals surface area (Å²) in [6.07, 6.45) is 0.117. The normalized spacial score (nSPS) is 14.0. The molecule has 2 aromatic rings. The van der Waals surface area contributed by atoms with Gasteiger partial charge in [-0.3, -0.25) is 4.79 Å². The number of benzene rings is 2. The molecule has 1 atom stereocenters. The van der Waals surface area contributed by atoms with E-state index in [0.717, 1.165) is 16.8 Å². The zero-order valence-corrected chi connectivity index (χ0v) is 18.2. The molecule has 1 amide bonds. The minimum atomic E-state index is -0.618. The van der Waals surface area contributed by atoms with Crippen LogP contribution in [0.1, 0.15) is 38.3 Å². The van der Waals surface area contributed by atoms with Gasteiger partial charge in [0.25, 0.3) is 0 Å². The van der Waals surface area contributed by atoms with Crippen LogP contribution in [-0.2, 0) is 27.3 Å². The lowest BCUT2D eigenvalue weighted by Gasteiger charge is -2.27. The first-order chi connectivity index (χ1) is 14.7. The molecule has 1 N–H and O–H groups in total. The van der Waals surface area contributed by atoms with Gasteiger partial charge in [-0.15, -0.1) is 0 Å². The number of esters is 1. The van der Waals surface area contributed by atoms with Gasteiger partial charge in [-0.1, -0.05) is 30.3 Å². The number of amides is 1. The van der Waals surface area contributed by atoms with Gasteiger partial charge in [-0.2, -0.15) is 0 Å². The number of halogens is 1. The van der Waals surface area contributed by atoms with Crippen LogP contribution >= 0.6 is 0 Å². The number of carbonyl (C=O) groups is 2. The number of ether oxygens (including phenoxy) is 2. The number of fused-ring (bicyclic) bond motifs is 1. The highest BCUT2D eigenvalue weighted by molar-refractivity contribution is 5.73. The fourth-order valence-corrected chi connectivity index (χ4v) is 3.57. The summed E-state index contributed by atoms with van der Waals surface area (Å²) in [6, 6.07) is 13.5. The summed E-state index contributed by atoms with van der Waals surface area (Å²) in [6.45, 7) is 6.60. The Hall–Kier alpha value is -3.09. The summed E-state index contributed by atoms with van der Waals surface area (Å²) >= 11 is 0. The highest BCUT2D eigenvalue weighted by Gasteiger charge is 2.27. The van der Waals surface area contributed by atoms with E-state index in [1.165, 1.54) is 12.1 Å². The first-order valence-corrected chi connectivity index (χ1v) is 10.4. The molecular weight excluding hydrogens is 399 g/mol. The number of nitrogens with zero attached hydrogens (tertiary/aromatic N) is 1. The summed E-state index contributed by atoms with van der Waals surface area (Å²) in [5, 5.41) is 2.80. The number of nitrogens with one attached hydrogen (secondary N) is 1. The molecule has 0 saturated carbocycles. The lowest BCUT2D eigenvalue weighted by Crippen LogP contribution is -2.45. The molecule has 0 unspecified atom stereocenters. The Kier molecular flexibility index (Phi) is 7.15. The second-order valence-corrected chi connectivity index (χ2v) is 8.66. The van der Waals surface area contributed by atoms with Crippen LogP contribution in [0.4, 0.5) is 14.9 Å². The maximum atomic E-state index is 13.5. The van der Waals surface area contributed by atoms with Gasteiger partial charge in [0.2, 0.25) is 0 Å². The van der Waals surface area contributed by atoms with Crippen molar-refractivity contribution < 1.29 is 23.5 Å². The minimum Gasteiger partial charge on any atom is -0.460 e. The molecule has 0 aliphatic carbocycles. The molecule has 0 bridgehead atoms. The lowest BCUT2D eigenvalue weighted by molar-refractivity contribution is -0.155. The number of hydrogen-bond acceptors (Lipinski definition) is 5. The summed E-state index contributed by atoms with van der Waals surface area (Å²) in [7, 11) is 0. The molecule has 7 heteroatoms. The number of carbonyl (C=O) groups excluding carboxylic acids is 2. The lowest BCUT2D eigenvalue weighted by atomic mass is 10.1. The summed E-state index contributed by atoms with van der Waals surface area (Å²) in [5.41, 5.74) is 2.09. The standard InChI is InChI=1S/C24H29FN2O4/c1-24(2,3)31-22(28)14-20(26-23(29)30-16-17-7-5-4-6-8-17)15-27-12-11-18-13-19(25)9-10-21(18)27/h4-10,13,20H,11-12,14-16H2,1-3H3,(H,26,29)/t20-/m0/s1. The molecule has 0 saturated heterocycles. The van der Waals surface area contributed by atoms with Gasteiger partial charge in [0.1, 0.15) is 18.0 Å². The van der Waals surface area contributed by atoms with E-state index in [2.05, 4.69) is 5.32 Å². The Morgan fingerprint density at radius 1 is 1.16 bits per heavy atom. The summed E-state index contributed by atoms with van der Waals surface area (Å²) in [4.78, 5) is 26.9. The molecule has 1 heterocycles. The number of hydrogen-bond donors (Lipinski definition) is 1. The molecule has 6 nitrogen and oxygen atoms in total. The Balaban J connectivity index is 1.65. The first-order valence-electron chi connectivity index (χ1n) is 10.4. The Morgan fingerprint density at radius 3 is 2.61 bits per heavy atom. The third kappa shape index (κ3) is 6.98. The van der Waals surface area contributed by atoms with Crippen molar-refractivity contribution in [3.63, 3.8) is 0 Å². The van der Waals surface area contributed by atoms with Gasteiger partial charge in [0.15, 0.2) is 0 Å². The molecule has 3 rings (SSSR count). The van der Waals surface area contributed by atoms with E-state index in [9.17, 15) is 14.0 Å².